The summed E-state index contributed by atoms with van der Waals surface area (Å²) in [5.74, 6) is -0.510. The third-order valence-corrected chi connectivity index (χ3v) is 4.27. The summed E-state index contributed by atoms with van der Waals surface area (Å²) in [6.07, 6.45) is 1.41. The van der Waals surface area contributed by atoms with Crippen LogP contribution < -0.4 is 0 Å². The van der Waals surface area contributed by atoms with Crippen LogP contribution in [0.1, 0.15) is 23.1 Å². The number of benzene rings is 2. The van der Waals surface area contributed by atoms with Gasteiger partial charge in [-0.2, -0.15) is 0 Å². The van der Waals surface area contributed by atoms with Gasteiger partial charge in [-0.05, 0) is 17.7 Å². The molecule has 0 bridgehead atoms. The maximum absolute atomic E-state index is 12.1. The maximum atomic E-state index is 12.1. The number of esters is 1. The van der Waals surface area contributed by atoms with Gasteiger partial charge in [-0.3, -0.25) is 4.98 Å². The van der Waals surface area contributed by atoms with E-state index < -0.39 is 0 Å². The van der Waals surface area contributed by atoms with Crippen LogP contribution in [0.2, 0.25) is 0 Å². The van der Waals surface area contributed by atoms with Crippen LogP contribution in [0.4, 0.5) is 0 Å². The van der Waals surface area contributed by atoms with Crippen LogP contribution in [0.3, 0.4) is 0 Å². The number of pyridine rings is 1. The van der Waals surface area contributed by atoms with Crippen molar-refractivity contribution in [1.29, 1.82) is 0 Å². The van der Waals surface area contributed by atoms with Gasteiger partial charge < -0.3 is 4.74 Å². The van der Waals surface area contributed by atoms with Crippen LogP contribution in [0, 0.1) is 0 Å². The minimum absolute atomic E-state index is 0.174. The minimum Gasteiger partial charge on any atom is -0.453 e. The number of ether oxygens (including phenoxy) is 1. The highest BCUT2D eigenvalue weighted by atomic mass is 16.6. The van der Waals surface area contributed by atoms with Crippen molar-refractivity contribution in [3.63, 3.8) is 0 Å². The summed E-state index contributed by atoms with van der Waals surface area (Å²) in [4.78, 5) is 16.5. The van der Waals surface area contributed by atoms with E-state index in [1.54, 1.807) is 6.20 Å². The van der Waals surface area contributed by atoms with Crippen molar-refractivity contribution in [2.24, 2.45) is 0 Å². The standard InChI is InChI=1S/C20H15NO2/c1-13-18(14-7-3-2-4-8-14)19(23-20(13)22)16-11-15-9-5-6-10-17(15)21-12-16/h2-12,18-19H,1H2/t18-,19-/m1/s1. The molecule has 1 aromatic heterocycles. The van der Waals surface area contributed by atoms with Gasteiger partial charge in [0.1, 0.15) is 6.10 Å². The molecule has 23 heavy (non-hydrogen) atoms. The van der Waals surface area contributed by atoms with Gasteiger partial charge in [-0.15, -0.1) is 0 Å². The molecule has 112 valence electrons. The fraction of sp³-hybridized carbons (Fsp3) is 0.100. The molecular weight excluding hydrogens is 286 g/mol. The van der Waals surface area contributed by atoms with Crippen molar-refractivity contribution in [1.82, 2.24) is 4.98 Å². The van der Waals surface area contributed by atoms with Crippen LogP contribution in [0.5, 0.6) is 0 Å². The smallest absolute Gasteiger partial charge is 0.334 e. The first-order chi connectivity index (χ1) is 11.2. The zero-order valence-electron chi connectivity index (χ0n) is 12.5. The number of cyclic esters (lactones) is 1. The zero-order valence-corrected chi connectivity index (χ0v) is 12.5. The third kappa shape index (κ3) is 2.30. The minimum atomic E-state index is -0.380. The Labute approximate surface area is 134 Å². The molecule has 0 spiro atoms. The van der Waals surface area contributed by atoms with E-state index in [0.29, 0.717) is 5.57 Å². The predicted octanol–water partition coefficient (Wildman–Crippen LogP) is 4.17. The molecule has 1 aliphatic rings. The number of hydrogen-bond acceptors (Lipinski definition) is 3. The van der Waals surface area contributed by atoms with Gasteiger partial charge >= 0.3 is 5.97 Å². The van der Waals surface area contributed by atoms with Crippen LogP contribution >= 0.6 is 0 Å². The summed E-state index contributed by atoms with van der Waals surface area (Å²) in [6, 6.07) is 19.8. The fourth-order valence-corrected chi connectivity index (χ4v) is 3.11. The molecule has 1 aliphatic heterocycles. The molecule has 1 fully saturated rings. The summed E-state index contributed by atoms with van der Waals surface area (Å²) in [6.45, 7) is 3.94. The van der Waals surface area contributed by atoms with Crippen molar-refractivity contribution in [2.75, 3.05) is 0 Å². The van der Waals surface area contributed by atoms with Crippen molar-refractivity contribution in [2.45, 2.75) is 12.0 Å². The lowest BCUT2D eigenvalue weighted by molar-refractivity contribution is -0.139. The number of para-hydroxylation sites is 1. The molecule has 0 N–H and O–H groups in total. The molecule has 4 rings (SSSR count). The third-order valence-electron chi connectivity index (χ3n) is 4.27. The van der Waals surface area contributed by atoms with Crippen molar-refractivity contribution in [3.05, 3.63) is 90.1 Å². The lowest BCUT2D eigenvalue weighted by atomic mass is 9.86. The highest BCUT2D eigenvalue weighted by molar-refractivity contribution is 5.92. The van der Waals surface area contributed by atoms with E-state index in [4.69, 9.17) is 4.74 Å². The lowest BCUT2D eigenvalue weighted by Crippen LogP contribution is -2.07. The van der Waals surface area contributed by atoms with Crippen LogP contribution in [-0.2, 0) is 9.53 Å². The monoisotopic (exact) mass is 301 g/mol. The number of carbonyl (C=O) groups is 1. The van der Waals surface area contributed by atoms with Gasteiger partial charge in [0.15, 0.2) is 0 Å². The average Bonchev–Trinajstić information content (AvgIpc) is 2.90. The van der Waals surface area contributed by atoms with E-state index in [1.165, 1.54) is 0 Å². The molecule has 2 heterocycles. The van der Waals surface area contributed by atoms with Crippen molar-refractivity contribution in [3.8, 4) is 0 Å². The molecule has 3 heteroatoms. The molecule has 1 saturated heterocycles. The van der Waals surface area contributed by atoms with Crippen molar-refractivity contribution < 1.29 is 9.53 Å². The number of fused-ring (bicyclic) bond motifs is 1. The Bertz CT molecular complexity index is 902. The van der Waals surface area contributed by atoms with E-state index in [-0.39, 0.29) is 18.0 Å². The van der Waals surface area contributed by atoms with Crippen molar-refractivity contribution >= 4 is 16.9 Å². The highest BCUT2D eigenvalue weighted by Gasteiger charge is 2.40. The SMILES string of the molecule is C=C1C(=O)O[C@H](c2cnc3ccccc3c2)[C@H]1c1ccccc1. The second-order valence-electron chi connectivity index (χ2n) is 5.70. The molecular formula is C20H15NO2. The first kappa shape index (κ1) is 13.7. The molecule has 0 radical (unpaired) electrons. The van der Waals surface area contributed by atoms with Gasteiger partial charge in [0.2, 0.25) is 0 Å². The molecule has 0 aliphatic carbocycles. The number of hydrogen-bond donors (Lipinski definition) is 0. The average molecular weight is 301 g/mol. The molecule has 0 saturated carbocycles. The quantitative estimate of drug-likeness (QED) is 0.526. The van der Waals surface area contributed by atoms with Gasteiger partial charge in [-0.1, -0.05) is 55.1 Å². The molecule has 3 nitrogen and oxygen atoms in total. The Morgan fingerprint density at radius 3 is 2.52 bits per heavy atom. The van der Waals surface area contributed by atoms with Gasteiger partial charge in [0, 0.05) is 22.7 Å². The summed E-state index contributed by atoms with van der Waals surface area (Å²) >= 11 is 0. The van der Waals surface area contributed by atoms with Gasteiger partial charge in [0.05, 0.1) is 11.4 Å². The fourth-order valence-electron chi connectivity index (χ4n) is 3.11. The first-order valence-corrected chi connectivity index (χ1v) is 7.53. The number of carbonyl (C=O) groups excluding carboxylic acids is 1. The van der Waals surface area contributed by atoms with Crippen LogP contribution in [0.15, 0.2) is 79.0 Å². The number of nitrogens with zero attached hydrogens (tertiary/aromatic N) is 1. The highest BCUT2D eigenvalue weighted by Crippen LogP contribution is 2.45. The largest absolute Gasteiger partial charge is 0.453 e. The lowest BCUT2D eigenvalue weighted by Gasteiger charge is -2.18. The summed E-state index contributed by atoms with van der Waals surface area (Å²) < 4.78 is 5.60. The Morgan fingerprint density at radius 2 is 1.70 bits per heavy atom. The number of aromatic nitrogens is 1. The maximum Gasteiger partial charge on any atom is 0.334 e. The van der Waals surface area contributed by atoms with E-state index in [2.05, 4.69) is 11.6 Å². The van der Waals surface area contributed by atoms with Gasteiger partial charge in [-0.25, -0.2) is 4.79 Å². The molecule has 2 atom stereocenters. The van der Waals surface area contributed by atoms with Gasteiger partial charge in [0.25, 0.3) is 0 Å². The number of rotatable bonds is 2. The second-order valence-corrected chi connectivity index (χ2v) is 5.70. The Kier molecular flexibility index (Phi) is 3.19. The molecule has 0 amide bonds. The molecule has 2 aromatic carbocycles. The molecule has 3 aromatic rings. The second kappa shape index (κ2) is 5.36. The van der Waals surface area contributed by atoms with E-state index in [1.807, 2.05) is 60.7 Å². The van der Waals surface area contributed by atoms with Crippen LogP contribution in [0.25, 0.3) is 10.9 Å². The zero-order chi connectivity index (χ0) is 15.8. The van der Waals surface area contributed by atoms with Crippen LogP contribution in [-0.4, -0.2) is 11.0 Å². The summed E-state index contributed by atoms with van der Waals surface area (Å²) in [5, 5.41) is 1.03. The topological polar surface area (TPSA) is 39.2 Å². The normalized spacial score (nSPS) is 20.7. The summed E-state index contributed by atoms with van der Waals surface area (Å²) in [7, 11) is 0. The first-order valence-electron chi connectivity index (χ1n) is 7.53. The predicted molar refractivity (Wildman–Crippen MR) is 88.9 cm³/mol. The Hall–Kier alpha value is -2.94. The Morgan fingerprint density at radius 1 is 0.957 bits per heavy atom. The van der Waals surface area contributed by atoms with E-state index >= 15 is 0 Å². The van der Waals surface area contributed by atoms with E-state index in [0.717, 1.165) is 22.0 Å². The van der Waals surface area contributed by atoms with E-state index in [9.17, 15) is 4.79 Å². The summed E-state index contributed by atoms with van der Waals surface area (Å²) in [5.41, 5.74) is 3.34. The molecule has 0 unspecified atom stereocenters. The Balaban J connectivity index is 1.81.